The molecule has 0 aromatic heterocycles. The lowest BCUT2D eigenvalue weighted by atomic mass is 9.70. The summed E-state index contributed by atoms with van der Waals surface area (Å²) in [4.78, 5) is 0. The Labute approximate surface area is 164 Å². The Morgan fingerprint density at radius 3 is 2.48 bits per heavy atom. The second-order valence-corrected chi connectivity index (χ2v) is 8.53. The maximum absolute atomic E-state index is 6.31. The van der Waals surface area contributed by atoms with E-state index in [0.29, 0.717) is 5.92 Å². The van der Waals surface area contributed by atoms with Crippen molar-refractivity contribution < 1.29 is 14.0 Å². The van der Waals surface area contributed by atoms with Gasteiger partial charge in [-0.1, -0.05) is 55.3 Å². The minimum atomic E-state index is -0.223. The van der Waals surface area contributed by atoms with E-state index in [4.69, 9.17) is 9.47 Å². The lowest BCUT2D eigenvalue weighted by molar-refractivity contribution is -0.908. The van der Waals surface area contributed by atoms with E-state index in [1.54, 1.807) is 7.11 Å². The normalized spacial score (nSPS) is 23.2. The van der Waals surface area contributed by atoms with Crippen LogP contribution in [0.5, 0.6) is 5.75 Å². The van der Waals surface area contributed by atoms with Gasteiger partial charge in [-0.15, -0.1) is 0 Å². The third kappa shape index (κ3) is 4.53. The van der Waals surface area contributed by atoms with Crippen LogP contribution >= 0.6 is 0 Å². The first-order valence-corrected chi connectivity index (χ1v) is 10.0. The smallest absolute Gasteiger partial charge is 0.119 e. The molecule has 2 atom stereocenters. The molecule has 1 fully saturated rings. The molecule has 1 aliphatic rings. The van der Waals surface area contributed by atoms with E-state index in [0.717, 1.165) is 29.7 Å². The highest BCUT2D eigenvalue weighted by Crippen LogP contribution is 2.46. The summed E-state index contributed by atoms with van der Waals surface area (Å²) in [6.45, 7) is 2.13. The molecule has 1 aliphatic carbocycles. The standard InChI is InChI=1S/C24H34NO2/c1-25(2,18-20-11-6-5-7-12-20)19-22-13-8-9-16-24(22,27-4)21-14-10-15-23(17-21)26-3/h5-7,10-12,14-15,17,22H,8-9,13,16,18-19H2,1-4H3/q+1/t22-,24+/m1/s1. The van der Waals surface area contributed by atoms with Crippen LogP contribution in [0.15, 0.2) is 54.6 Å². The summed E-state index contributed by atoms with van der Waals surface area (Å²) in [5, 5.41) is 0. The molecule has 0 spiro atoms. The second kappa shape index (κ2) is 8.45. The highest BCUT2D eigenvalue weighted by atomic mass is 16.5. The fraction of sp³-hybridized carbons (Fsp3) is 0.500. The number of ether oxygens (including phenoxy) is 2. The van der Waals surface area contributed by atoms with Gasteiger partial charge in [-0.3, -0.25) is 0 Å². The Bertz CT molecular complexity index is 728. The Morgan fingerprint density at radius 1 is 1.00 bits per heavy atom. The van der Waals surface area contributed by atoms with E-state index in [1.807, 2.05) is 13.2 Å². The van der Waals surface area contributed by atoms with E-state index in [-0.39, 0.29) is 5.60 Å². The number of rotatable bonds is 7. The first kappa shape index (κ1) is 19.9. The molecule has 0 heterocycles. The van der Waals surface area contributed by atoms with Crippen molar-refractivity contribution in [2.75, 3.05) is 34.9 Å². The molecule has 146 valence electrons. The predicted octanol–water partition coefficient (Wildman–Crippen LogP) is 5.00. The molecule has 2 aromatic carbocycles. The van der Waals surface area contributed by atoms with Gasteiger partial charge in [-0.25, -0.2) is 0 Å². The largest absolute Gasteiger partial charge is 0.497 e. The third-order valence-corrected chi connectivity index (χ3v) is 6.10. The molecule has 3 rings (SSSR count). The number of hydrogen-bond acceptors (Lipinski definition) is 2. The average molecular weight is 369 g/mol. The molecule has 0 unspecified atom stereocenters. The van der Waals surface area contributed by atoms with Crippen LogP contribution in [-0.4, -0.2) is 39.3 Å². The molecule has 3 heteroatoms. The Kier molecular flexibility index (Phi) is 6.23. The van der Waals surface area contributed by atoms with Gasteiger partial charge in [0.1, 0.15) is 17.9 Å². The molecule has 3 nitrogen and oxygen atoms in total. The summed E-state index contributed by atoms with van der Waals surface area (Å²) in [5.41, 5.74) is 2.43. The summed E-state index contributed by atoms with van der Waals surface area (Å²) >= 11 is 0. The lowest BCUT2D eigenvalue weighted by Crippen LogP contribution is -2.51. The van der Waals surface area contributed by atoms with E-state index < -0.39 is 0 Å². The van der Waals surface area contributed by atoms with Gasteiger partial charge in [-0.05, 0) is 30.5 Å². The highest BCUT2D eigenvalue weighted by molar-refractivity contribution is 5.33. The quantitative estimate of drug-likeness (QED) is 0.640. The Hall–Kier alpha value is -1.84. The van der Waals surface area contributed by atoms with Gasteiger partial charge in [0.25, 0.3) is 0 Å². The van der Waals surface area contributed by atoms with Gasteiger partial charge in [0.05, 0.1) is 27.7 Å². The molecule has 0 bridgehead atoms. The zero-order valence-corrected chi connectivity index (χ0v) is 17.3. The van der Waals surface area contributed by atoms with Crippen molar-refractivity contribution in [1.82, 2.24) is 0 Å². The molecule has 0 saturated heterocycles. The minimum Gasteiger partial charge on any atom is -0.497 e. The molecule has 0 N–H and O–H groups in total. The number of hydrogen-bond donors (Lipinski definition) is 0. The zero-order chi connectivity index (χ0) is 19.3. The van der Waals surface area contributed by atoms with E-state index in [9.17, 15) is 0 Å². The topological polar surface area (TPSA) is 18.5 Å². The fourth-order valence-electron chi connectivity index (χ4n) is 4.85. The van der Waals surface area contributed by atoms with E-state index >= 15 is 0 Å². The molecule has 0 aliphatic heterocycles. The molecular formula is C24H34NO2+. The van der Waals surface area contributed by atoms with Gasteiger partial charge in [0.15, 0.2) is 0 Å². The van der Waals surface area contributed by atoms with Crippen molar-refractivity contribution in [3.8, 4) is 5.75 Å². The van der Waals surface area contributed by atoms with Crippen LogP contribution in [0.4, 0.5) is 0 Å². The predicted molar refractivity (Wildman–Crippen MR) is 111 cm³/mol. The van der Waals surface area contributed by atoms with Crippen molar-refractivity contribution in [3.63, 3.8) is 0 Å². The molecule has 2 aromatic rings. The number of nitrogens with zero attached hydrogens (tertiary/aromatic N) is 1. The van der Waals surface area contributed by atoms with Gasteiger partial charge in [0, 0.05) is 18.6 Å². The summed E-state index contributed by atoms with van der Waals surface area (Å²) in [6, 6.07) is 19.3. The number of methoxy groups -OCH3 is 2. The Balaban J connectivity index is 1.86. The van der Waals surface area contributed by atoms with Gasteiger partial charge >= 0.3 is 0 Å². The average Bonchev–Trinajstić information content (AvgIpc) is 2.68. The lowest BCUT2D eigenvalue weighted by Gasteiger charge is -2.46. The van der Waals surface area contributed by atoms with Crippen LogP contribution in [-0.2, 0) is 16.9 Å². The van der Waals surface area contributed by atoms with Crippen molar-refractivity contribution in [2.24, 2.45) is 5.92 Å². The van der Waals surface area contributed by atoms with Gasteiger partial charge in [-0.2, -0.15) is 0 Å². The van der Waals surface area contributed by atoms with Crippen molar-refractivity contribution in [2.45, 2.75) is 37.8 Å². The molecular weight excluding hydrogens is 334 g/mol. The number of quaternary nitrogens is 1. The fourth-order valence-corrected chi connectivity index (χ4v) is 4.85. The number of benzene rings is 2. The summed E-state index contributed by atoms with van der Waals surface area (Å²) in [6.07, 6.45) is 4.78. The molecule has 27 heavy (non-hydrogen) atoms. The maximum atomic E-state index is 6.31. The van der Waals surface area contributed by atoms with Crippen LogP contribution in [0, 0.1) is 5.92 Å². The Morgan fingerprint density at radius 2 is 1.78 bits per heavy atom. The summed E-state index contributed by atoms with van der Waals surface area (Å²) in [5.74, 6) is 1.40. The van der Waals surface area contributed by atoms with Crippen molar-refractivity contribution >= 4 is 0 Å². The van der Waals surface area contributed by atoms with Crippen molar-refractivity contribution in [1.29, 1.82) is 0 Å². The van der Waals surface area contributed by atoms with Crippen molar-refractivity contribution in [3.05, 3.63) is 65.7 Å². The minimum absolute atomic E-state index is 0.223. The van der Waals surface area contributed by atoms with Crippen LogP contribution in [0.2, 0.25) is 0 Å². The highest BCUT2D eigenvalue weighted by Gasteiger charge is 2.45. The van der Waals surface area contributed by atoms with Crippen LogP contribution < -0.4 is 4.74 Å². The summed E-state index contributed by atoms with van der Waals surface area (Å²) < 4.78 is 12.8. The SMILES string of the molecule is COc1cccc([C@@]2(OC)CCCC[C@@H]2C[N+](C)(C)Cc2ccccc2)c1. The molecule has 1 saturated carbocycles. The monoisotopic (exact) mass is 368 g/mol. The third-order valence-electron chi connectivity index (χ3n) is 6.10. The summed E-state index contributed by atoms with van der Waals surface area (Å²) in [7, 11) is 8.30. The molecule has 0 amide bonds. The molecule has 0 radical (unpaired) electrons. The first-order valence-electron chi connectivity index (χ1n) is 10.0. The van der Waals surface area contributed by atoms with Crippen LogP contribution in [0.25, 0.3) is 0 Å². The van der Waals surface area contributed by atoms with Gasteiger partial charge < -0.3 is 14.0 Å². The first-order chi connectivity index (χ1) is 13.0. The van der Waals surface area contributed by atoms with Gasteiger partial charge in [0.2, 0.25) is 0 Å². The van der Waals surface area contributed by atoms with Crippen LogP contribution in [0.3, 0.4) is 0 Å². The van der Waals surface area contributed by atoms with E-state index in [2.05, 4.69) is 62.6 Å². The maximum Gasteiger partial charge on any atom is 0.119 e. The zero-order valence-electron chi connectivity index (χ0n) is 17.3. The van der Waals surface area contributed by atoms with Crippen LogP contribution in [0.1, 0.15) is 36.8 Å². The van der Waals surface area contributed by atoms with E-state index in [1.165, 1.54) is 30.4 Å². The second-order valence-electron chi connectivity index (χ2n) is 8.53.